The summed E-state index contributed by atoms with van der Waals surface area (Å²) in [5.74, 6) is 1.39. The normalized spacial score (nSPS) is 24.9. The van der Waals surface area contributed by atoms with Crippen LogP contribution in [-0.4, -0.2) is 41.8 Å². The van der Waals surface area contributed by atoms with Crippen molar-refractivity contribution < 1.29 is 5.11 Å². The van der Waals surface area contributed by atoms with Crippen LogP contribution in [0.25, 0.3) is 0 Å². The highest BCUT2D eigenvalue weighted by molar-refractivity contribution is 5.14. The van der Waals surface area contributed by atoms with Gasteiger partial charge in [-0.05, 0) is 11.5 Å². The number of hydrogen-bond donors (Lipinski definition) is 2. The molecule has 0 saturated carbocycles. The number of likely N-dealkylation sites (tertiary alicyclic amines) is 1. The van der Waals surface area contributed by atoms with Crippen molar-refractivity contribution in [2.45, 2.75) is 32.5 Å². The summed E-state index contributed by atoms with van der Waals surface area (Å²) in [6.45, 7) is 7.79. The van der Waals surface area contributed by atoms with E-state index in [0.29, 0.717) is 0 Å². The summed E-state index contributed by atoms with van der Waals surface area (Å²) >= 11 is 0. The molecule has 3 nitrogen and oxygen atoms in total. The highest BCUT2D eigenvalue weighted by Gasteiger charge is 2.30. The lowest BCUT2D eigenvalue weighted by atomic mass is 10.2. The SMILES string of the molecule is C[C](C)CN1CC(O)C(NCc2ccccc2)C1. The van der Waals surface area contributed by atoms with Crippen LogP contribution in [0.15, 0.2) is 30.3 Å². The maximum Gasteiger partial charge on any atom is 0.0832 e. The van der Waals surface area contributed by atoms with E-state index < -0.39 is 0 Å². The molecule has 0 spiro atoms. The maximum atomic E-state index is 10.0. The molecule has 2 rings (SSSR count). The third kappa shape index (κ3) is 3.80. The second-order valence-corrected chi connectivity index (χ2v) is 5.44. The Morgan fingerprint density at radius 3 is 2.67 bits per heavy atom. The average Bonchev–Trinajstić information content (AvgIpc) is 2.67. The van der Waals surface area contributed by atoms with E-state index in [2.05, 4.69) is 36.2 Å². The van der Waals surface area contributed by atoms with Gasteiger partial charge in [0.15, 0.2) is 0 Å². The van der Waals surface area contributed by atoms with Crippen LogP contribution >= 0.6 is 0 Å². The van der Waals surface area contributed by atoms with Crippen molar-refractivity contribution in [2.24, 2.45) is 0 Å². The lowest BCUT2D eigenvalue weighted by Gasteiger charge is -2.18. The highest BCUT2D eigenvalue weighted by Crippen LogP contribution is 2.13. The summed E-state index contributed by atoms with van der Waals surface area (Å²) in [5.41, 5.74) is 1.27. The fourth-order valence-electron chi connectivity index (χ4n) is 2.49. The Bertz CT molecular complexity index is 353. The predicted octanol–water partition coefficient (Wildman–Crippen LogP) is 1.44. The minimum absolute atomic E-state index is 0.185. The molecule has 2 N–H and O–H groups in total. The lowest BCUT2D eigenvalue weighted by molar-refractivity contribution is 0.154. The number of hydrogen-bond acceptors (Lipinski definition) is 3. The van der Waals surface area contributed by atoms with Gasteiger partial charge in [0.1, 0.15) is 0 Å². The average molecular weight is 247 g/mol. The molecule has 1 aromatic carbocycles. The summed E-state index contributed by atoms with van der Waals surface area (Å²) < 4.78 is 0. The summed E-state index contributed by atoms with van der Waals surface area (Å²) in [4.78, 5) is 2.31. The zero-order valence-electron chi connectivity index (χ0n) is 11.3. The number of β-amino-alcohol motifs (C(OH)–C–C–N with tert-alkyl or cyclic N) is 1. The Morgan fingerprint density at radius 1 is 1.28 bits per heavy atom. The van der Waals surface area contributed by atoms with Crippen molar-refractivity contribution in [1.29, 1.82) is 0 Å². The van der Waals surface area contributed by atoms with Crippen molar-refractivity contribution >= 4 is 0 Å². The molecule has 0 aromatic heterocycles. The van der Waals surface area contributed by atoms with Crippen LogP contribution in [0.4, 0.5) is 0 Å². The van der Waals surface area contributed by atoms with E-state index >= 15 is 0 Å². The van der Waals surface area contributed by atoms with Gasteiger partial charge in [0.05, 0.1) is 6.10 Å². The highest BCUT2D eigenvalue weighted by atomic mass is 16.3. The Balaban J connectivity index is 1.80. The summed E-state index contributed by atoms with van der Waals surface area (Å²) in [6, 6.07) is 10.5. The monoisotopic (exact) mass is 247 g/mol. The van der Waals surface area contributed by atoms with Gasteiger partial charge in [-0.25, -0.2) is 0 Å². The van der Waals surface area contributed by atoms with E-state index in [0.717, 1.165) is 26.2 Å². The van der Waals surface area contributed by atoms with Crippen molar-refractivity contribution in [2.75, 3.05) is 19.6 Å². The largest absolute Gasteiger partial charge is 0.390 e. The molecule has 1 aliphatic heterocycles. The molecule has 0 bridgehead atoms. The molecule has 99 valence electrons. The molecule has 0 aliphatic carbocycles. The first-order valence-corrected chi connectivity index (χ1v) is 6.62. The van der Waals surface area contributed by atoms with Crippen LogP contribution in [0.1, 0.15) is 19.4 Å². The van der Waals surface area contributed by atoms with Gasteiger partial charge >= 0.3 is 0 Å². The number of aliphatic hydroxyl groups is 1. The zero-order chi connectivity index (χ0) is 13.0. The van der Waals surface area contributed by atoms with Crippen molar-refractivity contribution in [3.05, 3.63) is 41.8 Å². The molecule has 2 unspecified atom stereocenters. The third-order valence-electron chi connectivity index (χ3n) is 3.32. The zero-order valence-corrected chi connectivity index (χ0v) is 11.3. The van der Waals surface area contributed by atoms with Gasteiger partial charge in [0, 0.05) is 32.2 Å². The third-order valence-corrected chi connectivity index (χ3v) is 3.32. The van der Waals surface area contributed by atoms with Gasteiger partial charge in [0.25, 0.3) is 0 Å². The second-order valence-electron chi connectivity index (χ2n) is 5.44. The van der Waals surface area contributed by atoms with E-state index in [9.17, 15) is 5.11 Å². The molecule has 1 fully saturated rings. The lowest BCUT2D eigenvalue weighted by Crippen LogP contribution is -2.38. The quantitative estimate of drug-likeness (QED) is 0.826. The first kappa shape index (κ1) is 13.5. The van der Waals surface area contributed by atoms with Crippen LogP contribution in [-0.2, 0) is 6.54 Å². The van der Waals surface area contributed by atoms with E-state index in [4.69, 9.17) is 0 Å². The van der Waals surface area contributed by atoms with Gasteiger partial charge in [-0.15, -0.1) is 0 Å². The Morgan fingerprint density at radius 2 is 2.00 bits per heavy atom. The Labute approximate surface area is 110 Å². The molecule has 1 radical (unpaired) electrons. The number of nitrogens with one attached hydrogen (secondary N) is 1. The second kappa shape index (κ2) is 6.32. The maximum absolute atomic E-state index is 10.0. The minimum atomic E-state index is -0.256. The van der Waals surface area contributed by atoms with Crippen LogP contribution < -0.4 is 5.32 Å². The predicted molar refractivity (Wildman–Crippen MR) is 74.1 cm³/mol. The molecule has 0 amide bonds. The topological polar surface area (TPSA) is 35.5 Å². The van der Waals surface area contributed by atoms with Gasteiger partial charge in [-0.3, -0.25) is 4.90 Å². The minimum Gasteiger partial charge on any atom is -0.390 e. The van der Waals surface area contributed by atoms with Gasteiger partial charge in [-0.2, -0.15) is 0 Å². The summed E-state index contributed by atoms with van der Waals surface area (Å²) in [7, 11) is 0. The fraction of sp³-hybridized carbons (Fsp3) is 0.533. The Hall–Kier alpha value is -0.900. The standard InChI is InChI=1S/C15H23N2O/c1-12(2)9-17-10-14(15(18)11-17)16-8-13-6-4-3-5-7-13/h3-7,14-16,18H,8-11H2,1-2H3. The number of benzene rings is 1. The van der Waals surface area contributed by atoms with Gasteiger partial charge in [0.2, 0.25) is 0 Å². The van der Waals surface area contributed by atoms with Crippen LogP contribution in [0, 0.1) is 5.92 Å². The molecule has 1 heterocycles. The van der Waals surface area contributed by atoms with Crippen molar-refractivity contribution in [3.63, 3.8) is 0 Å². The fourth-order valence-corrected chi connectivity index (χ4v) is 2.49. The molecular weight excluding hydrogens is 224 g/mol. The molecule has 18 heavy (non-hydrogen) atoms. The van der Waals surface area contributed by atoms with Crippen LogP contribution in [0.5, 0.6) is 0 Å². The summed E-state index contributed by atoms with van der Waals surface area (Å²) in [5, 5.41) is 13.5. The molecule has 3 heteroatoms. The van der Waals surface area contributed by atoms with E-state index in [1.807, 2.05) is 18.2 Å². The number of aliphatic hydroxyl groups excluding tert-OH is 1. The van der Waals surface area contributed by atoms with Gasteiger partial charge in [-0.1, -0.05) is 44.2 Å². The summed E-state index contributed by atoms with van der Waals surface area (Å²) in [6.07, 6.45) is -0.256. The number of nitrogens with zero attached hydrogens (tertiary/aromatic N) is 1. The van der Waals surface area contributed by atoms with Gasteiger partial charge < -0.3 is 10.4 Å². The molecule has 1 saturated heterocycles. The molecule has 1 aliphatic rings. The first-order chi connectivity index (χ1) is 8.65. The Kier molecular flexibility index (Phi) is 4.75. The smallest absolute Gasteiger partial charge is 0.0832 e. The van der Waals surface area contributed by atoms with Crippen molar-refractivity contribution in [3.8, 4) is 0 Å². The number of rotatable bonds is 5. The van der Waals surface area contributed by atoms with Crippen LogP contribution in [0.2, 0.25) is 0 Å². The van der Waals surface area contributed by atoms with E-state index in [1.54, 1.807) is 0 Å². The molecule has 1 aromatic rings. The van der Waals surface area contributed by atoms with Crippen molar-refractivity contribution in [1.82, 2.24) is 10.2 Å². The molecular formula is C15H23N2O. The molecule has 2 atom stereocenters. The van der Waals surface area contributed by atoms with Crippen LogP contribution in [0.3, 0.4) is 0 Å². The van der Waals surface area contributed by atoms with E-state index in [-0.39, 0.29) is 12.1 Å². The van der Waals surface area contributed by atoms with E-state index in [1.165, 1.54) is 11.5 Å². The first-order valence-electron chi connectivity index (χ1n) is 6.62.